The van der Waals surface area contributed by atoms with E-state index in [0.29, 0.717) is 21.3 Å². The number of nitrogens with zero attached hydrogens (tertiary/aromatic N) is 1. The maximum Gasteiger partial charge on any atom is 0.308 e. The summed E-state index contributed by atoms with van der Waals surface area (Å²) in [7, 11) is -3.63. The van der Waals surface area contributed by atoms with Crippen molar-refractivity contribution in [2.24, 2.45) is 4.99 Å². The number of hydrogen-bond donors (Lipinski definition) is 2. The normalized spacial score (nSPS) is 15.4. The summed E-state index contributed by atoms with van der Waals surface area (Å²) in [5.74, 6) is -1.07. The summed E-state index contributed by atoms with van der Waals surface area (Å²) >= 11 is 11.8. The number of halogens is 2. The van der Waals surface area contributed by atoms with Gasteiger partial charge in [0.2, 0.25) is 0 Å². The van der Waals surface area contributed by atoms with E-state index in [1.807, 2.05) is 0 Å². The van der Waals surface area contributed by atoms with Crippen molar-refractivity contribution < 1.29 is 22.7 Å². The average molecular weight is 456 g/mol. The highest BCUT2D eigenvalue weighted by molar-refractivity contribution is 7.90. The molecule has 11 heteroatoms. The number of ether oxygens (including phenoxy) is 1. The first-order valence-electron chi connectivity index (χ1n) is 8.33. The van der Waals surface area contributed by atoms with Crippen molar-refractivity contribution in [1.82, 2.24) is 4.72 Å². The highest BCUT2D eigenvalue weighted by atomic mass is 35.5. The van der Waals surface area contributed by atoms with Crippen LogP contribution < -0.4 is 10.0 Å². The van der Waals surface area contributed by atoms with Crippen LogP contribution in [0.3, 0.4) is 0 Å². The lowest BCUT2D eigenvalue weighted by atomic mass is 10.2. The van der Waals surface area contributed by atoms with Gasteiger partial charge in [0.15, 0.2) is 6.61 Å². The molecule has 1 amide bonds. The zero-order chi connectivity index (χ0) is 21.0. The third kappa shape index (κ3) is 5.26. The molecule has 2 N–H and O–H groups in total. The Bertz CT molecular complexity index is 1100. The van der Waals surface area contributed by atoms with Gasteiger partial charge >= 0.3 is 5.97 Å². The van der Waals surface area contributed by atoms with Crippen LogP contribution in [-0.4, -0.2) is 39.3 Å². The van der Waals surface area contributed by atoms with Gasteiger partial charge in [-0.3, -0.25) is 19.3 Å². The Morgan fingerprint density at radius 3 is 2.69 bits per heavy atom. The summed E-state index contributed by atoms with van der Waals surface area (Å²) in [5, 5.41) is 3.18. The van der Waals surface area contributed by atoms with E-state index in [-0.39, 0.29) is 23.7 Å². The number of benzene rings is 2. The number of nitrogens with one attached hydrogen (secondary N) is 2. The number of sulfonamides is 1. The molecule has 0 aliphatic carbocycles. The molecule has 1 aliphatic heterocycles. The van der Waals surface area contributed by atoms with Crippen LogP contribution in [0.2, 0.25) is 10.0 Å². The fraction of sp³-hybridized carbons (Fsp3) is 0.167. The van der Waals surface area contributed by atoms with Gasteiger partial charge in [0, 0.05) is 10.6 Å². The molecule has 0 fully saturated rings. The molecule has 0 unspecified atom stereocenters. The highest BCUT2D eigenvalue weighted by Gasteiger charge is 2.29. The fourth-order valence-corrected chi connectivity index (χ4v) is 4.10. The molecular formula is C18H15Cl2N3O5S. The number of anilines is 1. The number of amides is 1. The number of hydrogen-bond acceptors (Lipinski definition) is 6. The summed E-state index contributed by atoms with van der Waals surface area (Å²) in [4.78, 5) is 27.9. The predicted octanol–water partition coefficient (Wildman–Crippen LogP) is 2.60. The van der Waals surface area contributed by atoms with E-state index in [1.165, 1.54) is 18.2 Å². The van der Waals surface area contributed by atoms with Crippen molar-refractivity contribution in [2.45, 2.75) is 11.3 Å². The summed E-state index contributed by atoms with van der Waals surface area (Å²) in [6, 6.07) is 11.0. The second-order valence-corrected chi connectivity index (χ2v) is 8.41. The first-order chi connectivity index (χ1) is 13.8. The zero-order valence-corrected chi connectivity index (χ0v) is 17.1. The minimum Gasteiger partial charge on any atom is -0.456 e. The number of rotatable bonds is 6. The third-order valence-electron chi connectivity index (χ3n) is 3.82. The molecule has 3 rings (SSSR count). The van der Waals surface area contributed by atoms with Gasteiger partial charge < -0.3 is 10.1 Å². The van der Waals surface area contributed by atoms with E-state index in [0.717, 1.165) is 0 Å². The molecule has 1 heterocycles. The molecule has 0 saturated heterocycles. The number of amidine groups is 1. The maximum atomic E-state index is 12.0. The minimum atomic E-state index is -3.63. The van der Waals surface area contributed by atoms with Crippen molar-refractivity contribution in [3.63, 3.8) is 0 Å². The topological polar surface area (TPSA) is 114 Å². The molecular weight excluding hydrogens is 441 g/mol. The van der Waals surface area contributed by atoms with Crippen LogP contribution in [0.15, 0.2) is 52.4 Å². The van der Waals surface area contributed by atoms with E-state index < -0.39 is 28.5 Å². The molecule has 0 bridgehead atoms. The van der Waals surface area contributed by atoms with E-state index in [1.54, 1.807) is 24.3 Å². The standard InChI is InChI=1S/C18H15Cl2N3O5S/c19-11-5-6-13(20)14(9-11)22-16(24)10-28-17(25)7-8-21-18-12-3-1-2-4-15(12)29(26,27)23-18/h1-6,9H,7-8,10H2,(H,21,23)(H,22,24). The van der Waals surface area contributed by atoms with Gasteiger partial charge in [0.1, 0.15) is 5.84 Å². The Morgan fingerprint density at radius 1 is 1.14 bits per heavy atom. The van der Waals surface area contributed by atoms with Crippen molar-refractivity contribution in [3.05, 3.63) is 58.1 Å². The molecule has 8 nitrogen and oxygen atoms in total. The maximum absolute atomic E-state index is 12.0. The summed E-state index contributed by atoms with van der Waals surface area (Å²) in [6.45, 7) is -0.513. The van der Waals surface area contributed by atoms with Gasteiger partial charge in [-0.25, -0.2) is 8.42 Å². The number of fused-ring (bicyclic) bond motifs is 1. The lowest BCUT2D eigenvalue weighted by Crippen LogP contribution is -2.23. The van der Waals surface area contributed by atoms with Gasteiger partial charge in [0.05, 0.1) is 28.6 Å². The quantitative estimate of drug-likeness (QED) is 0.649. The number of carbonyl (C=O) groups excluding carboxylic acids is 2. The summed E-state index contributed by atoms with van der Waals surface area (Å²) < 4.78 is 31.2. The largest absolute Gasteiger partial charge is 0.456 e. The second kappa shape index (κ2) is 8.81. The van der Waals surface area contributed by atoms with E-state index in [2.05, 4.69) is 15.0 Å². The van der Waals surface area contributed by atoms with Crippen LogP contribution in [-0.2, 0) is 24.3 Å². The molecule has 0 saturated carbocycles. The SMILES string of the molecule is O=C(COC(=O)CCN=C1NS(=O)(=O)c2ccccc21)Nc1cc(Cl)ccc1Cl. The Labute approximate surface area is 176 Å². The Kier molecular flexibility index (Phi) is 6.41. The van der Waals surface area contributed by atoms with Gasteiger partial charge in [-0.05, 0) is 30.3 Å². The molecule has 2 aromatic rings. The van der Waals surface area contributed by atoms with Gasteiger partial charge in [-0.2, -0.15) is 0 Å². The second-order valence-electron chi connectivity index (χ2n) is 5.92. The molecule has 2 aromatic carbocycles. The smallest absolute Gasteiger partial charge is 0.308 e. The van der Waals surface area contributed by atoms with Gasteiger partial charge in [0.25, 0.3) is 15.9 Å². The minimum absolute atomic E-state index is 0.00718. The summed E-state index contributed by atoms with van der Waals surface area (Å²) in [6.07, 6.45) is -0.126. The lowest BCUT2D eigenvalue weighted by Gasteiger charge is -2.08. The first kappa shape index (κ1) is 21.1. The van der Waals surface area contributed by atoms with E-state index in [4.69, 9.17) is 27.9 Å². The van der Waals surface area contributed by atoms with Crippen LogP contribution in [0.5, 0.6) is 0 Å². The van der Waals surface area contributed by atoms with Gasteiger partial charge in [-0.15, -0.1) is 0 Å². The van der Waals surface area contributed by atoms with Crippen LogP contribution in [0.4, 0.5) is 5.69 Å². The Morgan fingerprint density at radius 2 is 1.90 bits per heavy atom. The van der Waals surface area contributed by atoms with Gasteiger partial charge in [-0.1, -0.05) is 35.3 Å². The lowest BCUT2D eigenvalue weighted by molar-refractivity contribution is -0.147. The molecule has 0 atom stereocenters. The third-order valence-corrected chi connectivity index (χ3v) is 5.78. The van der Waals surface area contributed by atoms with Crippen molar-refractivity contribution in [1.29, 1.82) is 0 Å². The van der Waals surface area contributed by atoms with Crippen LogP contribution >= 0.6 is 23.2 Å². The molecule has 29 heavy (non-hydrogen) atoms. The fourth-order valence-electron chi connectivity index (χ4n) is 2.51. The predicted molar refractivity (Wildman–Crippen MR) is 109 cm³/mol. The van der Waals surface area contributed by atoms with E-state index >= 15 is 0 Å². The zero-order valence-electron chi connectivity index (χ0n) is 14.8. The average Bonchev–Trinajstić information content (AvgIpc) is 2.94. The van der Waals surface area contributed by atoms with Crippen LogP contribution in [0, 0.1) is 0 Å². The number of aliphatic imine (C=N–C) groups is 1. The Balaban J connectivity index is 1.49. The van der Waals surface area contributed by atoms with Crippen LogP contribution in [0.1, 0.15) is 12.0 Å². The molecule has 1 aliphatic rings. The molecule has 0 spiro atoms. The van der Waals surface area contributed by atoms with Crippen molar-refractivity contribution in [2.75, 3.05) is 18.5 Å². The van der Waals surface area contributed by atoms with Crippen molar-refractivity contribution in [3.8, 4) is 0 Å². The molecule has 152 valence electrons. The summed E-state index contributed by atoms with van der Waals surface area (Å²) in [5.41, 5.74) is 0.748. The highest BCUT2D eigenvalue weighted by Crippen LogP contribution is 2.25. The first-order valence-corrected chi connectivity index (χ1v) is 10.6. The van der Waals surface area contributed by atoms with Crippen molar-refractivity contribution >= 4 is 56.6 Å². The number of carbonyl (C=O) groups is 2. The number of esters is 1. The van der Waals surface area contributed by atoms with E-state index in [9.17, 15) is 18.0 Å². The molecule has 0 radical (unpaired) electrons. The van der Waals surface area contributed by atoms with Crippen LogP contribution in [0.25, 0.3) is 0 Å². The molecule has 0 aromatic heterocycles. The Hall–Kier alpha value is -2.62. The monoisotopic (exact) mass is 455 g/mol.